The molecule has 0 spiro atoms. The van der Waals surface area contributed by atoms with Gasteiger partial charge in [0.1, 0.15) is 5.75 Å². The third-order valence-corrected chi connectivity index (χ3v) is 3.14. The predicted octanol–water partition coefficient (Wildman–Crippen LogP) is 2.31. The Labute approximate surface area is 104 Å². The zero-order chi connectivity index (χ0) is 12.1. The van der Waals surface area contributed by atoms with Crippen LogP contribution in [-0.2, 0) is 17.8 Å². The number of phenolic OH excluding ortho intramolecular Hbond substituents is 1. The molecule has 1 amide bonds. The Kier molecular flexibility index (Phi) is 3.77. The highest BCUT2D eigenvalue weighted by Gasteiger charge is 2.06. The summed E-state index contributed by atoms with van der Waals surface area (Å²) in [6.45, 7) is 0.538. The lowest BCUT2D eigenvalue weighted by atomic mass is 10.1. The summed E-state index contributed by atoms with van der Waals surface area (Å²) in [5.41, 5.74) is 1.75. The summed E-state index contributed by atoms with van der Waals surface area (Å²) < 4.78 is 0. The second-order valence-electron chi connectivity index (χ2n) is 3.71. The molecule has 17 heavy (non-hydrogen) atoms. The van der Waals surface area contributed by atoms with Crippen LogP contribution in [0.25, 0.3) is 0 Å². The highest BCUT2D eigenvalue weighted by molar-refractivity contribution is 7.07. The first-order valence-corrected chi connectivity index (χ1v) is 6.24. The number of benzene rings is 1. The number of hydrogen-bond donors (Lipinski definition) is 2. The number of hydrogen-bond acceptors (Lipinski definition) is 3. The molecule has 2 aromatic rings. The quantitative estimate of drug-likeness (QED) is 0.871. The zero-order valence-corrected chi connectivity index (χ0v) is 10.0. The van der Waals surface area contributed by atoms with Gasteiger partial charge in [-0.2, -0.15) is 11.3 Å². The molecule has 2 N–H and O–H groups in total. The summed E-state index contributed by atoms with van der Waals surface area (Å²) in [5.74, 6) is 0.0795. The van der Waals surface area contributed by atoms with E-state index >= 15 is 0 Å². The molecule has 0 saturated carbocycles. The van der Waals surface area contributed by atoms with Gasteiger partial charge in [0.2, 0.25) is 5.91 Å². The maximum atomic E-state index is 11.6. The molecule has 0 aliphatic carbocycles. The first-order valence-electron chi connectivity index (χ1n) is 5.30. The fraction of sp³-hybridized carbons (Fsp3) is 0.154. The largest absolute Gasteiger partial charge is 0.508 e. The normalized spacial score (nSPS) is 10.1. The molecular formula is C13H13NO2S. The van der Waals surface area contributed by atoms with E-state index in [4.69, 9.17) is 0 Å². The molecule has 0 radical (unpaired) electrons. The number of carbonyl (C=O) groups excluding carboxylic acids is 1. The molecule has 0 bridgehead atoms. The van der Waals surface area contributed by atoms with Gasteiger partial charge in [-0.05, 0) is 28.5 Å². The third kappa shape index (κ3) is 3.32. The van der Waals surface area contributed by atoms with Crippen LogP contribution in [0, 0.1) is 0 Å². The number of amides is 1. The van der Waals surface area contributed by atoms with Crippen molar-refractivity contribution in [3.05, 3.63) is 52.2 Å². The Morgan fingerprint density at radius 3 is 2.82 bits per heavy atom. The first-order chi connectivity index (χ1) is 8.25. The number of phenols is 1. The van der Waals surface area contributed by atoms with Crippen LogP contribution >= 0.6 is 11.3 Å². The molecule has 4 heteroatoms. The number of aromatic hydroxyl groups is 1. The van der Waals surface area contributed by atoms with E-state index in [9.17, 15) is 9.90 Å². The molecule has 0 aliphatic heterocycles. The van der Waals surface area contributed by atoms with Crippen LogP contribution in [0.15, 0.2) is 41.1 Å². The topological polar surface area (TPSA) is 49.3 Å². The van der Waals surface area contributed by atoms with Crippen LogP contribution in [-0.4, -0.2) is 11.0 Å². The van der Waals surface area contributed by atoms with Crippen molar-refractivity contribution in [2.75, 3.05) is 0 Å². The molecule has 1 heterocycles. The van der Waals surface area contributed by atoms with Crippen LogP contribution in [0.2, 0.25) is 0 Å². The summed E-state index contributed by atoms with van der Waals surface area (Å²) in [6, 6.07) is 8.86. The van der Waals surface area contributed by atoms with Crippen LogP contribution in [0.1, 0.15) is 11.1 Å². The Bertz CT molecular complexity index is 494. The summed E-state index contributed by atoms with van der Waals surface area (Å²) >= 11 is 1.61. The van der Waals surface area contributed by atoms with E-state index in [1.165, 1.54) is 0 Å². The number of para-hydroxylation sites is 1. The van der Waals surface area contributed by atoms with Crippen molar-refractivity contribution in [1.29, 1.82) is 0 Å². The summed E-state index contributed by atoms with van der Waals surface area (Å²) in [4.78, 5) is 11.6. The van der Waals surface area contributed by atoms with Gasteiger partial charge >= 0.3 is 0 Å². The highest BCUT2D eigenvalue weighted by Crippen LogP contribution is 2.15. The highest BCUT2D eigenvalue weighted by atomic mass is 32.1. The van der Waals surface area contributed by atoms with Gasteiger partial charge in [-0.1, -0.05) is 18.2 Å². The van der Waals surface area contributed by atoms with E-state index in [1.54, 1.807) is 35.6 Å². The van der Waals surface area contributed by atoms with Crippen molar-refractivity contribution in [2.24, 2.45) is 0 Å². The van der Waals surface area contributed by atoms with E-state index in [0.717, 1.165) is 5.56 Å². The number of rotatable bonds is 4. The molecule has 3 nitrogen and oxygen atoms in total. The van der Waals surface area contributed by atoms with Gasteiger partial charge in [-0.3, -0.25) is 4.79 Å². The fourth-order valence-electron chi connectivity index (χ4n) is 1.49. The second kappa shape index (κ2) is 5.50. The van der Waals surface area contributed by atoms with E-state index in [1.807, 2.05) is 16.8 Å². The summed E-state index contributed by atoms with van der Waals surface area (Å²) in [6.07, 6.45) is 0.205. The third-order valence-electron chi connectivity index (χ3n) is 2.41. The van der Waals surface area contributed by atoms with Gasteiger partial charge in [0.05, 0.1) is 6.42 Å². The molecule has 1 aromatic carbocycles. The molecule has 88 valence electrons. The minimum absolute atomic E-state index is 0.0855. The number of nitrogens with one attached hydrogen (secondary N) is 1. The monoisotopic (exact) mass is 247 g/mol. The number of carbonyl (C=O) groups is 1. The maximum absolute atomic E-state index is 11.6. The molecule has 1 aromatic heterocycles. The van der Waals surface area contributed by atoms with E-state index in [-0.39, 0.29) is 18.1 Å². The van der Waals surface area contributed by atoms with Crippen LogP contribution in [0.4, 0.5) is 0 Å². The van der Waals surface area contributed by atoms with Crippen LogP contribution in [0.3, 0.4) is 0 Å². The SMILES string of the molecule is O=C(Cc1ccccc1O)NCc1ccsc1. The smallest absolute Gasteiger partial charge is 0.224 e. The fourth-order valence-corrected chi connectivity index (χ4v) is 2.16. The van der Waals surface area contributed by atoms with Crippen molar-refractivity contribution >= 4 is 17.2 Å². The van der Waals surface area contributed by atoms with Gasteiger partial charge in [0.25, 0.3) is 0 Å². The van der Waals surface area contributed by atoms with E-state index in [2.05, 4.69) is 5.32 Å². The Hall–Kier alpha value is -1.81. The van der Waals surface area contributed by atoms with E-state index in [0.29, 0.717) is 12.1 Å². The second-order valence-corrected chi connectivity index (χ2v) is 4.49. The minimum atomic E-state index is -0.0855. The van der Waals surface area contributed by atoms with Gasteiger partial charge in [0, 0.05) is 12.1 Å². The summed E-state index contributed by atoms with van der Waals surface area (Å²) in [7, 11) is 0. The number of thiophene rings is 1. The van der Waals surface area contributed by atoms with Crippen LogP contribution < -0.4 is 5.32 Å². The lowest BCUT2D eigenvalue weighted by Crippen LogP contribution is -2.24. The van der Waals surface area contributed by atoms with Gasteiger partial charge in [0.15, 0.2) is 0 Å². The van der Waals surface area contributed by atoms with Crippen molar-refractivity contribution in [3.63, 3.8) is 0 Å². The van der Waals surface area contributed by atoms with Gasteiger partial charge in [-0.25, -0.2) is 0 Å². The van der Waals surface area contributed by atoms with Crippen molar-refractivity contribution in [3.8, 4) is 5.75 Å². The standard InChI is InChI=1S/C13H13NO2S/c15-12-4-2-1-3-11(12)7-13(16)14-8-10-5-6-17-9-10/h1-6,9,15H,7-8H2,(H,14,16). The average molecular weight is 247 g/mol. The maximum Gasteiger partial charge on any atom is 0.224 e. The first kappa shape index (κ1) is 11.7. The lowest BCUT2D eigenvalue weighted by Gasteiger charge is -2.05. The predicted molar refractivity (Wildman–Crippen MR) is 68.0 cm³/mol. The summed E-state index contributed by atoms with van der Waals surface area (Å²) in [5, 5.41) is 16.3. The zero-order valence-electron chi connectivity index (χ0n) is 9.22. The molecule has 0 fully saturated rings. The van der Waals surface area contributed by atoms with Crippen LogP contribution in [0.5, 0.6) is 5.75 Å². The Morgan fingerprint density at radius 2 is 2.12 bits per heavy atom. The van der Waals surface area contributed by atoms with E-state index < -0.39 is 0 Å². The molecule has 0 saturated heterocycles. The molecule has 0 aliphatic rings. The molecule has 2 rings (SSSR count). The molecular weight excluding hydrogens is 234 g/mol. The Balaban J connectivity index is 1.87. The van der Waals surface area contributed by atoms with Crippen molar-refractivity contribution in [2.45, 2.75) is 13.0 Å². The van der Waals surface area contributed by atoms with Gasteiger partial charge in [-0.15, -0.1) is 0 Å². The van der Waals surface area contributed by atoms with Crippen molar-refractivity contribution in [1.82, 2.24) is 5.32 Å². The van der Waals surface area contributed by atoms with Crippen molar-refractivity contribution < 1.29 is 9.90 Å². The lowest BCUT2D eigenvalue weighted by molar-refractivity contribution is -0.120. The molecule has 0 atom stereocenters. The Morgan fingerprint density at radius 1 is 1.29 bits per heavy atom. The average Bonchev–Trinajstić information content (AvgIpc) is 2.82. The molecule has 0 unspecified atom stereocenters. The van der Waals surface area contributed by atoms with Gasteiger partial charge < -0.3 is 10.4 Å². The minimum Gasteiger partial charge on any atom is -0.508 e.